The molecular formula is C18H20Cl2N2O4S. The number of carbonyl (C=O) groups excluding carboxylic acids is 2. The van der Waals surface area contributed by atoms with Crippen LogP contribution in [0.2, 0.25) is 10.0 Å². The summed E-state index contributed by atoms with van der Waals surface area (Å²) in [7, 11) is 0. The van der Waals surface area contributed by atoms with E-state index in [2.05, 4.69) is 10.6 Å². The van der Waals surface area contributed by atoms with Gasteiger partial charge in [-0.3, -0.25) is 9.59 Å². The smallest absolute Gasteiger partial charge is 0.253 e. The average Bonchev–Trinajstić information content (AvgIpc) is 3.17. The number of halogens is 2. The maximum absolute atomic E-state index is 12.5. The molecule has 3 N–H and O–H groups in total. The predicted molar refractivity (Wildman–Crippen MR) is 107 cm³/mol. The SMILES string of the molecule is CSCCC(NC(=O)c1ccc(Cl)cc1Cl)C(=O)NCC(O)c1ccco1. The van der Waals surface area contributed by atoms with Crippen molar-refractivity contribution in [1.29, 1.82) is 0 Å². The third-order valence-electron chi connectivity index (χ3n) is 3.75. The third-order valence-corrected chi connectivity index (χ3v) is 4.94. The largest absolute Gasteiger partial charge is 0.467 e. The molecule has 0 saturated heterocycles. The lowest BCUT2D eigenvalue weighted by atomic mass is 10.1. The van der Waals surface area contributed by atoms with Gasteiger partial charge in [0.25, 0.3) is 5.91 Å². The number of hydrogen-bond acceptors (Lipinski definition) is 5. The Kier molecular flexibility index (Phi) is 8.50. The second-order valence-corrected chi connectivity index (χ2v) is 7.54. The second kappa shape index (κ2) is 10.6. The molecular weight excluding hydrogens is 411 g/mol. The lowest BCUT2D eigenvalue weighted by molar-refractivity contribution is -0.123. The molecule has 0 spiro atoms. The van der Waals surface area contributed by atoms with E-state index in [-0.39, 0.29) is 17.1 Å². The fourth-order valence-electron chi connectivity index (χ4n) is 2.32. The number of hydrogen-bond donors (Lipinski definition) is 3. The van der Waals surface area contributed by atoms with Crippen molar-refractivity contribution < 1.29 is 19.1 Å². The zero-order chi connectivity index (χ0) is 19.8. The van der Waals surface area contributed by atoms with Gasteiger partial charge in [-0.05, 0) is 48.8 Å². The van der Waals surface area contributed by atoms with Crippen LogP contribution in [-0.2, 0) is 4.79 Å². The lowest BCUT2D eigenvalue weighted by Crippen LogP contribution is -2.48. The maximum atomic E-state index is 12.5. The Bertz CT molecular complexity index is 771. The Morgan fingerprint density at radius 2 is 2.07 bits per heavy atom. The molecule has 2 amide bonds. The van der Waals surface area contributed by atoms with Crippen molar-refractivity contribution >= 4 is 46.8 Å². The molecule has 0 aliphatic heterocycles. The van der Waals surface area contributed by atoms with Crippen LogP contribution in [0.1, 0.15) is 28.6 Å². The van der Waals surface area contributed by atoms with Crippen molar-refractivity contribution in [2.24, 2.45) is 0 Å². The normalized spacial score (nSPS) is 13.0. The van der Waals surface area contributed by atoms with Crippen molar-refractivity contribution in [2.75, 3.05) is 18.6 Å². The Labute approximate surface area is 171 Å². The Morgan fingerprint density at radius 1 is 1.30 bits per heavy atom. The van der Waals surface area contributed by atoms with Gasteiger partial charge < -0.3 is 20.2 Å². The van der Waals surface area contributed by atoms with Crippen molar-refractivity contribution in [3.8, 4) is 0 Å². The Hall–Kier alpha value is -1.67. The number of furan rings is 1. The van der Waals surface area contributed by atoms with Crippen LogP contribution in [-0.4, -0.2) is 41.5 Å². The van der Waals surface area contributed by atoms with Gasteiger partial charge >= 0.3 is 0 Å². The van der Waals surface area contributed by atoms with E-state index in [4.69, 9.17) is 27.6 Å². The summed E-state index contributed by atoms with van der Waals surface area (Å²) >= 11 is 13.5. The van der Waals surface area contributed by atoms with Crippen LogP contribution in [0.25, 0.3) is 0 Å². The van der Waals surface area contributed by atoms with Crippen molar-refractivity contribution in [1.82, 2.24) is 10.6 Å². The Morgan fingerprint density at radius 3 is 2.70 bits per heavy atom. The molecule has 0 radical (unpaired) electrons. The fraction of sp³-hybridized carbons (Fsp3) is 0.333. The summed E-state index contributed by atoms with van der Waals surface area (Å²) in [6, 6.07) is 7.03. The number of rotatable bonds is 9. The van der Waals surface area contributed by atoms with Gasteiger partial charge in [0.15, 0.2) is 0 Å². The molecule has 2 unspecified atom stereocenters. The number of benzene rings is 1. The van der Waals surface area contributed by atoms with Gasteiger partial charge in [-0.1, -0.05) is 23.2 Å². The molecule has 146 valence electrons. The fourth-order valence-corrected chi connectivity index (χ4v) is 3.28. The van der Waals surface area contributed by atoms with E-state index < -0.39 is 24.0 Å². The van der Waals surface area contributed by atoms with Crippen LogP contribution in [0.4, 0.5) is 0 Å². The zero-order valence-corrected chi connectivity index (χ0v) is 16.9. The minimum Gasteiger partial charge on any atom is -0.467 e. The van der Waals surface area contributed by atoms with Gasteiger partial charge in [0, 0.05) is 5.02 Å². The summed E-state index contributed by atoms with van der Waals surface area (Å²) < 4.78 is 5.10. The van der Waals surface area contributed by atoms with Crippen LogP contribution >= 0.6 is 35.0 Å². The lowest BCUT2D eigenvalue weighted by Gasteiger charge is -2.19. The molecule has 0 saturated carbocycles. The van der Waals surface area contributed by atoms with E-state index in [0.29, 0.717) is 23.0 Å². The van der Waals surface area contributed by atoms with Gasteiger partial charge in [0.1, 0.15) is 17.9 Å². The average molecular weight is 431 g/mol. The molecule has 9 heteroatoms. The highest BCUT2D eigenvalue weighted by Gasteiger charge is 2.23. The summed E-state index contributed by atoms with van der Waals surface area (Å²) in [6.45, 7) is -0.0281. The summed E-state index contributed by atoms with van der Waals surface area (Å²) in [5, 5.41) is 16.0. The standard InChI is InChI=1S/C18H20Cl2N2O4S/c1-27-8-6-14(18(25)21-10-15(23)16-3-2-7-26-16)22-17(24)12-5-4-11(19)9-13(12)20/h2-5,7,9,14-15,23H,6,8,10H2,1H3,(H,21,25)(H,22,24). The molecule has 0 aliphatic rings. The van der Waals surface area contributed by atoms with Gasteiger partial charge in [0.05, 0.1) is 23.4 Å². The highest BCUT2D eigenvalue weighted by atomic mass is 35.5. The topological polar surface area (TPSA) is 91.6 Å². The molecule has 2 aromatic rings. The first kappa shape index (κ1) is 21.6. The number of aliphatic hydroxyl groups is 1. The molecule has 0 aliphatic carbocycles. The van der Waals surface area contributed by atoms with Crippen molar-refractivity contribution in [2.45, 2.75) is 18.6 Å². The monoisotopic (exact) mass is 430 g/mol. The molecule has 6 nitrogen and oxygen atoms in total. The number of nitrogens with one attached hydrogen (secondary N) is 2. The third kappa shape index (κ3) is 6.46. The van der Waals surface area contributed by atoms with Crippen molar-refractivity contribution in [3.63, 3.8) is 0 Å². The number of carbonyl (C=O) groups is 2. The molecule has 1 aromatic heterocycles. The quantitative estimate of drug-likeness (QED) is 0.567. The van der Waals surface area contributed by atoms with Gasteiger partial charge in [0.2, 0.25) is 5.91 Å². The van der Waals surface area contributed by atoms with Crippen molar-refractivity contribution in [3.05, 3.63) is 58.0 Å². The van der Waals surface area contributed by atoms with E-state index in [1.54, 1.807) is 30.0 Å². The maximum Gasteiger partial charge on any atom is 0.253 e. The van der Waals surface area contributed by atoms with E-state index in [1.807, 2.05) is 6.26 Å². The molecule has 1 heterocycles. The first-order valence-corrected chi connectivity index (χ1v) is 10.3. The predicted octanol–water partition coefficient (Wildman–Crippen LogP) is 3.29. The highest BCUT2D eigenvalue weighted by molar-refractivity contribution is 7.98. The molecule has 0 bridgehead atoms. The van der Waals surface area contributed by atoms with E-state index in [1.165, 1.54) is 18.4 Å². The number of amides is 2. The van der Waals surface area contributed by atoms with Crippen LogP contribution in [0.5, 0.6) is 0 Å². The molecule has 1 aromatic carbocycles. The first-order valence-electron chi connectivity index (χ1n) is 8.16. The van der Waals surface area contributed by atoms with E-state index in [9.17, 15) is 14.7 Å². The minimum absolute atomic E-state index is 0.0281. The van der Waals surface area contributed by atoms with E-state index in [0.717, 1.165) is 0 Å². The highest BCUT2D eigenvalue weighted by Crippen LogP contribution is 2.21. The Balaban J connectivity index is 2.00. The van der Waals surface area contributed by atoms with Gasteiger partial charge in [-0.15, -0.1) is 0 Å². The van der Waals surface area contributed by atoms with E-state index >= 15 is 0 Å². The molecule has 27 heavy (non-hydrogen) atoms. The minimum atomic E-state index is -0.966. The van der Waals surface area contributed by atoms with Gasteiger partial charge in [-0.25, -0.2) is 0 Å². The van der Waals surface area contributed by atoms with Crippen LogP contribution in [0.3, 0.4) is 0 Å². The first-order chi connectivity index (χ1) is 12.9. The summed E-state index contributed by atoms with van der Waals surface area (Å²) in [4.78, 5) is 25.0. The summed E-state index contributed by atoms with van der Waals surface area (Å²) in [6.07, 6.45) is 2.82. The molecule has 2 rings (SSSR count). The van der Waals surface area contributed by atoms with Gasteiger partial charge in [-0.2, -0.15) is 11.8 Å². The molecule has 0 fully saturated rings. The van der Waals surface area contributed by atoms with Crippen LogP contribution in [0.15, 0.2) is 41.0 Å². The number of thioether (sulfide) groups is 1. The summed E-state index contributed by atoms with van der Waals surface area (Å²) in [5.74, 6) is 0.165. The zero-order valence-electron chi connectivity index (χ0n) is 14.6. The van der Waals surface area contributed by atoms with Crippen LogP contribution < -0.4 is 10.6 Å². The second-order valence-electron chi connectivity index (χ2n) is 5.71. The molecule has 2 atom stereocenters. The van der Waals surface area contributed by atoms with Crippen LogP contribution in [0, 0.1) is 0 Å². The summed E-state index contributed by atoms with van der Waals surface area (Å²) in [5.41, 5.74) is 0.235. The number of aliphatic hydroxyl groups excluding tert-OH is 1.